The molecule has 1 aromatic heterocycles. The summed E-state index contributed by atoms with van der Waals surface area (Å²) in [6, 6.07) is 1.96. The molecule has 0 aliphatic heterocycles. The van der Waals surface area contributed by atoms with Crippen molar-refractivity contribution in [2.24, 2.45) is 12.0 Å². The van der Waals surface area contributed by atoms with Crippen molar-refractivity contribution in [3.05, 3.63) is 18.0 Å². The van der Waals surface area contributed by atoms with Gasteiger partial charge >= 0.3 is 0 Å². The number of methoxy groups -OCH3 is 1. The van der Waals surface area contributed by atoms with Crippen molar-refractivity contribution in [1.29, 1.82) is 0 Å². The highest BCUT2D eigenvalue weighted by atomic mass is 16.5. The van der Waals surface area contributed by atoms with Crippen LogP contribution in [0.5, 0.6) is 0 Å². The zero-order valence-electron chi connectivity index (χ0n) is 10.7. The lowest BCUT2D eigenvalue weighted by atomic mass is 10.4. The zero-order chi connectivity index (χ0) is 12.5. The first kappa shape index (κ1) is 13.5. The van der Waals surface area contributed by atoms with E-state index in [0.717, 1.165) is 24.7 Å². The third-order valence-corrected chi connectivity index (χ3v) is 2.26. The van der Waals surface area contributed by atoms with Crippen molar-refractivity contribution in [3.63, 3.8) is 0 Å². The van der Waals surface area contributed by atoms with Crippen molar-refractivity contribution in [2.45, 2.75) is 13.5 Å². The van der Waals surface area contributed by atoms with Gasteiger partial charge in [-0.05, 0) is 13.0 Å². The molecular weight excluding hydrogens is 218 g/mol. The summed E-state index contributed by atoms with van der Waals surface area (Å²) in [5.74, 6) is 0.797. The Hall–Kier alpha value is -1.56. The summed E-state index contributed by atoms with van der Waals surface area (Å²) in [6.45, 7) is 4.89. The van der Waals surface area contributed by atoms with Crippen LogP contribution >= 0.6 is 0 Å². The lowest BCUT2D eigenvalue weighted by molar-refractivity contribution is 0.203. The van der Waals surface area contributed by atoms with Crippen LogP contribution in [0.15, 0.2) is 17.3 Å². The SMILES string of the molecule is CCNC(=NCc1ccnn1C)NCCOC. The van der Waals surface area contributed by atoms with Gasteiger partial charge in [0.05, 0.1) is 18.8 Å². The number of nitrogens with zero attached hydrogens (tertiary/aromatic N) is 3. The van der Waals surface area contributed by atoms with E-state index < -0.39 is 0 Å². The van der Waals surface area contributed by atoms with Crippen molar-refractivity contribution < 1.29 is 4.74 Å². The van der Waals surface area contributed by atoms with Gasteiger partial charge in [0.15, 0.2) is 5.96 Å². The Kier molecular flexibility index (Phi) is 6.09. The molecule has 6 nitrogen and oxygen atoms in total. The van der Waals surface area contributed by atoms with E-state index in [2.05, 4.69) is 20.7 Å². The Morgan fingerprint density at radius 2 is 2.35 bits per heavy atom. The Bertz CT molecular complexity index is 347. The molecule has 6 heteroatoms. The van der Waals surface area contributed by atoms with Crippen LogP contribution in [0.3, 0.4) is 0 Å². The van der Waals surface area contributed by atoms with Gasteiger partial charge in [-0.2, -0.15) is 5.10 Å². The second-order valence-corrected chi connectivity index (χ2v) is 3.56. The number of aromatic nitrogens is 2. The maximum absolute atomic E-state index is 4.98. The largest absolute Gasteiger partial charge is 0.383 e. The van der Waals surface area contributed by atoms with E-state index in [0.29, 0.717) is 13.2 Å². The monoisotopic (exact) mass is 239 g/mol. The van der Waals surface area contributed by atoms with Gasteiger partial charge in [0.2, 0.25) is 0 Å². The van der Waals surface area contributed by atoms with Gasteiger partial charge in [0.25, 0.3) is 0 Å². The van der Waals surface area contributed by atoms with Gasteiger partial charge in [-0.1, -0.05) is 0 Å². The molecule has 0 aliphatic rings. The third kappa shape index (κ3) is 4.86. The molecule has 1 rings (SSSR count). The molecule has 0 atom stereocenters. The lowest BCUT2D eigenvalue weighted by Gasteiger charge is -2.10. The number of aliphatic imine (C=N–C) groups is 1. The van der Waals surface area contributed by atoms with Gasteiger partial charge in [-0.3, -0.25) is 4.68 Å². The first-order chi connectivity index (χ1) is 8.27. The standard InChI is InChI=1S/C11H21N5O/c1-4-12-11(13-7-8-17-3)14-9-10-5-6-15-16(10)2/h5-6H,4,7-9H2,1-3H3,(H2,12,13,14). The van der Waals surface area contributed by atoms with Crippen molar-refractivity contribution >= 4 is 5.96 Å². The van der Waals surface area contributed by atoms with Crippen LogP contribution in [0.1, 0.15) is 12.6 Å². The van der Waals surface area contributed by atoms with E-state index in [1.165, 1.54) is 0 Å². The van der Waals surface area contributed by atoms with E-state index in [1.54, 1.807) is 13.3 Å². The van der Waals surface area contributed by atoms with Crippen LogP contribution in [-0.2, 0) is 18.3 Å². The maximum atomic E-state index is 4.98. The predicted molar refractivity (Wildman–Crippen MR) is 67.9 cm³/mol. The van der Waals surface area contributed by atoms with E-state index in [9.17, 15) is 0 Å². The maximum Gasteiger partial charge on any atom is 0.191 e. The normalized spacial score (nSPS) is 11.6. The molecule has 0 saturated heterocycles. The zero-order valence-corrected chi connectivity index (χ0v) is 10.7. The number of nitrogens with one attached hydrogen (secondary N) is 2. The summed E-state index contributed by atoms with van der Waals surface area (Å²) >= 11 is 0. The summed E-state index contributed by atoms with van der Waals surface area (Å²) in [5.41, 5.74) is 1.08. The minimum Gasteiger partial charge on any atom is -0.383 e. The van der Waals surface area contributed by atoms with Crippen molar-refractivity contribution in [1.82, 2.24) is 20.4 Å². The molecule has 0 saturated carbocycles. The van der Waals surface area contributed by atoms with Crippen LogP contribution < -0.4 is 10.6 Å². The average Bonchev–Trinajstić information content (AvgIpc) is 2.72. The smallest absolute Gasteiger partial charge is 0.191 e. The molecule has 0 radical (unpaired) electrons. The summed E-state index contributed by atoms with van der Waals surface area (Å²) < 4.78 is 6.80. The average molecular weight is 239 g/mol. The van der Waals surface area contributed by atoms with Crippen LogP contribution in [0.2, 0.25) is 0 Å². The second kappa shape index (κ2) is 7.67. The van der Waals surface area contributed by atoms with E-state index in [-0.39, 0.29) is 0 Å². The first-order valence-corrected chi connectivity index (χ1v) is 5.76. The molecule has 0 spiro atoms. The topological polar surface area (TPSA) is 63.5 Å². The summed E-state index contributed by atoms with van der Waals surface area (Å²) in [7, 11) is 3.59. The number of guanidine groups is 1. The molecule has 1 aromatic rings. The molecule has 0 amide bonds. The number of rotatable bonds is 6. The molecule has 1 heterocycles. The van der Waals surface area contributed by atoms with Gasteiger partial charge in [-0.15, -0.1) is 0 Å². The molecular formula is C11H21N5O. The fourth-order valence-electron chi connectivity index (χ4n) is 1.33. The molecule has 0 fully saturated rings. The number of ether oxygens (including phenoxy) is 1. The van der Waals surface area contributed by atoms with E-state index >= 15 is 0 Å². The Balaban J connectivity index is 2.48. The molecule has 0 aliphatic carbocycles. The second-order valence-electron chi connectivity index (χ2n) is 3.56. The molecule has 0 unspecified atom stereocenters. The third-order valence-electron chi connectivity index (χ3n) is 2.26. The predicted octanol–water partition coefficient (Wildman–Crippen LogP) is 0.122. The Morgan fingerprint density at radius 3 is 2.94 bits per heavy atom. The summed E-state index contributed by atoms with van der Waals surface area (Å²) in [6.07, 6.45) is 1.77. The molecule has 2 N–H and O–H groups in total. The Labute approximate surface area is 102 Å². The fraction of sp³-hybridized carbons (Fsp3) is 0.636. The lowest BCUT2D eigenvalue weighted by Crippen LogP contribution is -2.38. The van der Waals surface area contributed by atoms with E-state index in [1.807, 2.05) is 24.7 Å². The molecule has 0 bridgehead atoms. The van der Waals surface area contributed by atoms with Crippen LogP contribution in [-0.4, -0.2) is 42.5 Å². The van der Waals surface area contributed by atoms with Crippen LogP contribution in [0, 0.1) is 0 Å². The molecule has 17 heavy (non-hydrogen) atoms. The summed E-state index contributed by atoms with van der Waals surface area (Å²) in [5, 5.41) is 10.5. The number of hydrogen-bond acceptors (Lipinski definition) is 3. The highest BCUT2D eigenvalue weighted by Gasteiger charge is 1.99. The summed E-state index contributed by atoms with van der Waals surface area (Å²) in [4.78, 5) is 4.47. The number of hydrogen-bond donors (Lipinski definition) is 2. The van der Waals surface area contributed by atoms with E-state index in [4.69, 9.17) is 4.74 Å². The van der Waals surface area contributed by atoms with Gasteiger partial charge in [-0.25, -0.2) is 4.99 Å². The fourth-order valence-corrected chi connectivity index (χ4v) is 1.33. The number of aryl methyl sites for hydroxylation is 1. The Morgan fingerprint density at radius 1 is 1.53 bits per heavy atom. The van der Waals surface area contributed by atoms with Gasteiger partial charge < -0.3 is 15.4 Å². The molecule has 0 aromatic carbocycles. The van der Waals surface area contributed by atoms with Gasteiger partial charge in [0.1, 0.15) is 0 Å². The van der Waals surface area contributed by atoms with Crippen molar-refractivity contribution in [2.75, 3.05) is 26.8 Å². The molecule has 96 valence electrons. The van der Waals surface area contributed by atoms with Crippen LogP contribution in [0.4, 0.5) is 0 Å². The highest BCUT2D eigenvalue weighted by Crippen LogP contribution is 1.97. The van der Waals surface area contributed by atoms with Crippen molar-refractivity contribution in [3.8, 4) is 0 Å². The highest BCUT2D eigenvalue weighted by molar-refractivity contribution is 5.79. The minimum absolute atomic E-state index is 0.610. The quantitative estimate of drug-likeness (QED) is 0.420. The van der Waals surface area contributed by atoms with Crippen LogP contribution in [0.25, 0.3) is 0 Å². The minimum atomic E-state index is 0.610. The van der Waals surface area contributed by atoms with Gasteiger partial charge in [0, 0.05) is 33.4 Å². The first-order valence-electron chi connectivity index (χ1n) is 5.76.